The fraction of sp³-hybridized carbons (Fsp3) is 0.462. The van der Waals surface area contributed by atoms with Gasteiger partial charge in [0.2, 0.25) is 0 Å². The van der Waals surface area contributed by atoms with Gasteiger partial charge in [-0.05, 0) is 19.1 Å². The van der Waals surface area contributed by atoms with Crippen LogP contribution in [0.25, 0.3) is 0 Å². The maximum atomic E-state index is 12.4. The second kappa shape index (κ2) is 6.41. The smallest absolute Gasteiger partial charge is 0.320 e. The van der Waals surface area contributed by atoms with Crippen LogP contribution in [0.5, 0.6) is 0 Å². The van der Waals surface area contributed by atoms with Crippen LogP contribution in [0.2, 0.25) is 0 Å². The van der Waals surface area contributed by atoms with Crippen molar-refractivity contribution in [1.82, 2.24) is 4.90 Å². The summed E-state index contributed by atoms with van der Waals surface area (Å²) in [6.45, 7) is 2.43. The number of carbonyl (C=O) groups is 3. The fourth-order valence-corrected chi connectivity index (χ4v) is 3.90. The highest BCUT2D eigenvalue weighted by molar-refractivity contribution is 8.00. The van der Waals surface area contributed by atoms with Crippen LogP contribution in [0.4, 0.5) is 0 Å². The lowest BCUT2D eigenvalue weighted by Gasteiger charge is -2.30. The molecule has 0 aliphatic carbocycles. The molecule has 1 atom stereocenters. The molecule has 7 heteroatoms. The van der Waals surface area contributed by atoms with E-state index in [0.29, 0.717) is 28.6 Å². The van der Waals surface area contributed by atoms with Gasteiger partial charge in [-0.2, -0.15) is 0 Å². The number of esters is 1. The van der Waals surface area contributed by atoms with Crippen LogP contribution >= 0.6 is 23.1 Å². The summed E-state index contributed by atoms with van der Waals surface area (Å²) < 4.78 is 4.72. The van der Waals surface area contributed by atoms with Gasteiger partial charge in [-0.15, -0.1) is 23.1 Å². The summed E-state index contributed by atoms with van der Waals surface area (Å²) in [6, 6.07) is 3.33. The molecule has 2 heterocycles. The van der Waals surface area contributed by atoms with E-state index in [1.165, 1.54) is 37.1 Å². The van der Waals surface area contributed by atoms with Crippen molar-refractivity contribution < 1.29 is 19.1 Å². The normalized spacial score (nSPS) is 18.7. The lowest BCUT2D eigenvalue weighted by molar-refractivity contribution is -0.140. The molecule has 1 fully saturated rings. The fourth-order valence-electron chi connectivity index (χ4n) is 1.91. The Morgan fingerprint density at radius 2 is 2.00 bits per heavy atom. The number of carbonyl (C=O) groups excluding carboxylic acids is 3. The van der Waals surface area contributed by atoms with Crippen LogP contribution in [0, 0.1) is 0 Å². The van der Waals surface area contributed by atoms with Crippen molar-refractivity contribution in [2.45, 2.75) is 12.2 Å². The molecule has 108 valence electrons. The number of rotatable bonds is 3. The Bertz CT molecular complexity index is 540. The number of amides is 1. The van der Waals surface area contributed by atoms with Gasteiger partial charge >= 0.3 is 5.97 Å². The Balaban J connectivity index is 2.08. The Hall–Kier alpha value is -1.34. The van der Waals surface area contributed by atoms with E-state index in [4.69, 9.17) is 4.74 Å². The number of methoxy groups -OCH3 is 1. The quantitative estimate of drug-likeness (QED) is 0.627. The molecule has 0 saturated carbocycles. The van der Waals surface area contributed by atoms with E-state index in [2.05, 4.69) is 0 Å². The summed E-state index contributed by atoms with van der Waals surface area (Å²) in [5, 5.41) is -0.329. The van der Waals surface area contributed by atoms with Crippen LogP contribution < -0.4 is 0 Å². The summed E-state index contributed by atoms with van der Waals surface area (Å²) in [5.74, 6) is 0.228. The zero-order valence-corrected chi connectivity index (χ0v) is 12.9. The first-order valence-electron chi connectivity index (χ1n) is 6.12. The molecule has 1 aromatic heterocycles. The van der Waals surface area contributed by atoms with E-state index in [0.717, 1.165) is 0 Å². The van der Waals surface area contributed by atoms with Crippen molar-refractivity contribution in [3.05, 3.63) is 21.9 Å². The van der Waals surface area contributed by atoms with Gasteiger partial charge in [0.15, 0.2) is 5.78 Å². The van der Waals surface area contributed by atoms with Crippen LogP contribution in [-0.4, -0.2) is 53.8 Å². The van der Waals surface area contributed by atoms with Crippen LogP contribution in [0.1, 0.15) is 26.3 Å². The first-order chi connectivity index (χ1) is 9.52. The van der Waals surface area contributed by atoms with Gasteiger partial charge in [0.05, 0.1) is 16.9 Å². The average molecular weight is 313 g/mol. The molecular weight excluding hydrogens is 298 g/mol. The minimum absolute atomic E-state index is 0.0457. The zero-order valence-electron chi connectivity index (χ0n) is 11.3. The molecular formula is C13H15NO4S2. The van der Waals surface area contributed by atoms with E-state index in [9.17, 15) is 14.4 Å². The number of ketones is 1. The molecule has 20 heavy (non-hydrogen) atoms. The summed E-state index contributed by atoms with van der Waals surface area (Å²) in [6.07, 6.45) is 0. The monoisotopic (exact) mass is 313 g/mol. The van der Waals surface area contributed by atoms with E-state index in [-0.39, 0.29) is 22.9 Å². The Kier molecular flexibility index (Phi) is 4.82. The van der Waals surface area contributed by atoms with Gasteiger partial charge in [0.25, 0.3) is 5.91 Å². The molecule has 0 radical (unpaired) electrons. The van der Waals surface area contributed by atoms with E-state index in [1.807, 2.05) is 0 Å². The minimum atomic E-state index is -0.329. The highest BCUT2D eigenvalue weighted by Crippen LogP contribution is 2.24. The first kappa shape index (κ1) is 15.1. The van der Waals surface area contributed by atoms with Crippen molar-refractivity contribution in [2.24, 2.45) is 0 Å². The van der Waals surface area contributed by atoms with Crippen molar-refractivity contribution in [1.29, 1.82) is 0 Å². The third kappa shape index (κ3) is 3.21. The molecule has 1 aliphatic heterocycles. The van der Waals surface area contributed by atoms with Gasteiger partial charge in [-0.1, -0.05) is 0 Å². The molecule has 0 spiro atoms. The molecule has 0 N–H and O–H groups in total. The number of hydrogen-bond donors (Lipinski definition) is 0. The molecule has 2 rings (SSSR count). The van der Waals surface area contributed by atoms with Gasteiger partial charge < -0.3 is 9.64 Å². The van der Waals surface area contributed by atoms with Gasteiger partial charge in [-0.3, -0.25) is 14.4 Å². The van der Waals surface area contributed by atoms with E-state index < -0.39 is 0 Å². The van der Waals surface area contributed by atoms with Gasteiger partial charge in [-0.25, -0.2) is 0 Å². The maximum absolute atomic E-state index is 12.4. The number of ether oxygens (including phenoxy) is 1. The third-order valence-electron chi connectivity index (χ3n) is 2.98. The Morgan fingerprint density at radius 3 is 2.60 bits per heavy atom. The first-order valence-corrected chi connectivity index (χ1v) is 7.99. The van der Waals surface area contributed by atoms with Gasteiger partial charge in [0, 0.05) is 18.8 Å². The predicted molar refractivity (Wildman–Crippen MR) is 78.5 cm³/mol. The second-order valence-corrected chi connectivity index (χ2v) is 6.75. The lowest BCUT2D eigenvalue weighted by atomic mass is 10.3. The number of thiophene rings is 1. The molecule has 1 aliphatic rings. The largest absolute Gasteiger partial charge is 0.468 e. The highest BCUT2D eigenvalue weighted by atomic mass is 32.2. The number of hydrogen-bond acceptors (Lipinski definition) is 6. The van der Waals surface area contributed by atoms with Crippen LogP contribution in [0.15, 0.2) is 12.1 Å². The van der Waals surface area contributed by atoms with Crippen LogP contribution in [0.3, 0.4) is 0 Å². The number of nitrogens with zero attached hydrogens (tertiary/aromatic N) is 1. The second-order valence-electron chi connectivity index (χ2n) is 4.35. The molecule has 0 unspecified atom stereocenters. The van der Waals surface area contributed by atoms with Crippen molar-refractivity contribution >= 4 is 40.8 Å². The lowest BCUT2D eigenvalue weighted by Crippen LogP contribution is -2.44. The number of thioether (sulfide) groups is 1. The highest BCUT2D eigenvalue weighted by Gasteiger charge is 2.30. The summed E-state index contributed by atoms with van der Waals surface area (Å²) in [5.41, 5.74) is 0. The molecule has 0 aromatic carbocycles. The number of Topliss-reactive ketones (excluding diaryl/α,β-unsaturated/α-hetero) is 1. The van der Waals surface area contributed by atoms with Crippen molar-refractivity contribution in [3.63, 3.8) is 0 Å². The van der Waals surface area contributed by atoms with Gasteiger partial charge in [0.1, 0.15) is 5.25 Å². The summed E-state index contributed by atoms with van der Waals surface area (Å²) >= 11 is 2.70. The molecule has 5 nitrogen and oxygen atoms in total. The van der Waals surface area contributed by atoms with Crippen LogP contribution in [-0.2, 0) is 9.53 Å². The van der Waals surface area contributed by atoms with E-state index in [1.54, 1.807) is 17.0 Å². The molecule has 1 amide bonds. The molecule has 0 bridgehead atoms. The molecule has 1 saturated heterocycles. The standard InChI is InChI=1S/C13H15NO4S2/c1-8(15)9-3-4-10(20-9)12(16)14-5-6-19-11(7-14)13(17)18-2/h3-4,11H,5-7H2,1-2H3/t11-/m1/s1. The molecule has 1 aromatic rings. The van der Waals surface area contributed by atoms with E-state index >= 15 is 0 Å². The Morgan fingerprint density at radius 1 is 1.30 bits per heavy atom. The average Bonchev–Trinajstić information content (AvgIpc) is 2.95. The summed E-state index contributed by atoms with van der Waals surface area (Å²) in [7, 11) is 1.35. The Labute approximate surface area is 125 Å². The van der Waals surface area contributed by atoms with Crippen molar-refractivity contribution in [2.75, 3.05) is 26.0 Å². The third-order valence-corrected chi connectivity index (χ3v) is 5.32. The SMILES string of the molecule is COC(=O)[C@H]1CN(C(=O)c2ccc(C(C)=O)s2)CCS1. The predicted octanol–water partition coefficient (Wildman–Crippen LogP) is 1.68. The van der Waals surface area contributed by atoms with Crippen molar-refractivity contribution in [3.8, 4) is 0 Å². The summed E-state index contributed by atoms with van der Waals surface area (Å²) in [4.78, 5) is 37.9. The topological polar surface area (TPSA) is 63.7 Å². The minimum Gasteiger partial charge on any atom is -0.468 e. The maximum Gasteiger partial charge on any atom is 0.320 e. The zero-order chi connectivity index (χ0) is 14.7.